The van der Waals surface area contributed by atoms with Gasteiger partial charge in [0.25, 0.3) is 11.7 Å². The van der Waals surface area contributed by atoms with E-state index >= 15 is 0 Å². The summed E-state index contributed by atoms with van der Waals surface area (Å²) < 4.78 is 17.3. The second kappa shape index (κ2) is 12.4. The molecule has 0 spiro atoms. The number of rotatable bonds is 10. The van der Waals surface area contributed by atoms with E-state index in [9.17, 15) is 14.7 Å². The largest absolute Gasteiger partial charge is 0.507 e. The molecule has 1 amide bonds. The quantitative estimate of drug-likeness (QED) is 0.145. The summed E-state index contributed by atoms with van der Waals surface area (Å²) in [4.78, 5) is 32.6. The van der Waals surface area contributed by atoms with E-state index < -0.39 is 17.7 Å². The van der Waals surface area contributed by atoms with E-state index in [2.05, 4.69) is 4.98 Å². The molecule has 8 nitrogen and oxygen atoms in total. The highest BCUT2D eigenvalue weighted by atomic mass is 16.5. The number of carbonyl (C=O) groups is 2. The number of benzene rings is 3. The number of hydrogen-bond acceptors (Lipinski definition) is 7. The van der Waals surface area contributed by atoms with Gasteiger partial charge in [0.05, 0.1) is 30.4 Å². The van der Waals surface area contributed by atoms with Gasteiger partial charge in [0.2, 0.25) is 0 Å². The number of ether oxygens (including phenoxy) is 3. The van der Waals surface area contributed by atoms with Gasteiger partial charge in [-0.15, -0.1) is 0 Å². The Hall–Kier alpha value is -5.11. The summed E-state index contributed by atoms with van der Waals surface area (Å²) in [5.41, 5.74) is 2.30. The zero-order valence-corrected chi connectivity index (χ0v) is 22.8. The number of aliphatic hydroxyl groups is 1. The lowest BCUT2D eigenvalue weighted by molar-refractivity contribution is -0.132. The average Bonchev–Trinajstić information content (AvgIpc) is 3.27. The molecule has 1 aromatic heterocycles. The van der Waals surface area contributed by atoms with Crippen molar-refractivity contribution in [2.75, 3.05) is 18.1 Å². The lowest BCUT2D eigenvalue weighted by Gasteiger charge is -2.25. The Morgan fingerprint density at radius 3 is 2.27 bits per heavy atom. The molecule has 1 atom stereocenters. The second-order valence-corrected chi connectivity index (χ2v) is 9.25. The van der Waals surface area contributed by atoms with Crippen molar-refractivity contribution in [2.45, 2.75) is 26.5 Å². The van der Waals surface area contributed by atoms with E-state index in [-0.39, 0.29) is 16.9 Å². The van der Waals surface area contributed by atoms with Crippen molar-refractivity contribution in [3.63, 3.8) is 0 Å². The predicted octanol–water partition coefficient (Wildman–Crippen LogP) is 6.08. The highest BCUT2D eigenvalue weighted by Crippen LogP contribution is 2.43. The summed E-state index contributed by atoms with van der Waals surface area (Å²) in [7, 11) is 0. The molecule has 1 fully saturated rings. The molecular weight excluding hydrogens is 520 g/mol. The van der Waals surface area contributed by atoms with Crippen LogP contribution in [0.25, 0.3) is 5.76 Å². The Kier molecular flexibility index (Phi) is 8.29. The number of Topliss-reactive ketones (excluding diaryl/α,β-unsaturated/α-hetero) is 1. The number of aromatic nitrogens is 1. The molecule has 8 heteroatoms. The van der Waals surface area contributed by atoms with Crippen molar-refractivity contribution in [2.24, 2.45) is 0 Å². The lowest BCUT2D eigenvalue weighted by atomic mass is 9.95. The van der Waals surface area contributed by atoms with Gasteiger partial charge in [0, 0.05) is 24.1 Å². The molecule has 208 valence electrons. The molecule has 0 bridgehead atoms. The van der Waals surface area contributed by atoms with Crippen LogP contribution in [0.2, 0.25) is 0 Å². The minimum absolute atomic E-state index is 0.0579. The van der Waals surface area contributed by atoms with Gasteiger partial charge in [-0.25, -0.2) is 0 Å². The van der Waals surface area contributed by atoms with E-state index in [1.807, 2.05) is 44.2 Å². The summed E-state index contributed by atoms with van der Waals surface area (Å²) in [6, 6.07) is 24.3. The first-order valence-electron chi connectivity index (χ1n) is 13.4. The number of anilines is 1. The molecule has 5 rings (SSSR count). The third-order valence-corrected chi connectivity index (χ3v) is 6.63. The molecule has 2 heterocycles. The minimum atomic E-state index is -0.916. The van der Waals surface area contributed by atoms with E-state index in [0.717, 1.165) is 5.56 Å². The van der Waals surface area contributed by atoms with Crippen molar-refractivity contribution < 1.29 is 28.9 Å². The fourth-order valence-electron chi connectivity index (χ4n) is 4.77. The monoisotopic (exact) mass is 550 g/mol. The van der Waals surface area contributed by atoms with Crippen LogP contribution in [0.4, 0.5) is 5.69 Å². The Morgan fingerprint density at radius 2 is 1.59 bits per heavy atom. The molecule has 0 aliphatic carbocycles. The highest BCUT2D eigenvalue weighted by molar-refractivity contribution is 6.51. The fraction of sp³-hybridized carbons (Fsp3) is 0.182. The van der Waals surface area contributed by atoms with Gasteiger partial charge >= 0.3 is 0 Å². The number of ketones is 1. The zero-order valence-electron chi connectivity index (χ0n) is 22.8. The zero-order chi connectivity index (χ0) is 28.8. The number of nitrogens with zero attached hydrogens (tertiary/aromatic N) is 2. The summed E-state index contributed by atoms with van der Waals surface area (Å²) in [5.74, 6) is -0.394. The maximum absolute atomic E-state index is 13.5. The summed E-state index contributed by atoms with van der Waals surface area (Å²) in [6.45, 7) is 4.86. The first-order valence-corrected chi connectivity index (χ1v) is 13.4. The first-order chi connectivity index (χ1) is 20.0. The number of pyridine rings is 1. The highest BCUT2D eigenvalue weighted by Gasteiger charge is 2.47. The van der Waals surface area contributed by atoms with Gasteiger partial charge in [-0.1, -0.05) is 36.4 Å². The molecule has 1 unspecified atom stereocenters. The molecule has 41 heavy (non-hydrogen) atoms. The third-order valence-electron chi connectivity index (χ3n) is 6.63. The van der Waals surface area contributed by atoms with Gasteiger partial charge in [-0.3, -0.25) is 19.5 Å². The van der Waals surface area contributed by atoms with Crippen molar-refractivity contribution in [1.29, 1.82) is 0 Å². The second-order valence-electron chi connectivity index (χ2n) is 9.25. The molecule has 1 saturated heterocycles. The normalized spacial score (nSPS) is 16.0. The van der Waals surface area contributed by atoms with Crippen molar-refractivity contribution in [3.8, 4) is 17.2 Å². The standard InChI is InChI=1S/C33H30N2O6/c1-3-39-26-16-17-27(28(19-26)40-4-2)31(36)29-30(23-11-8-18-34-20-23)35(33(38)32(29)37)24-12-14-25(15-13-24)41-21-22-9-6-5-7-10-22/h5-20,30,36H,3-4,21H2,1-2H3/b31-29-. The maximum atomic E-state index is 13.5. The van der Waals surface area contributed by atoms with Crippen LogP contribution in [0, 0.1) is 0 Å². The molecule has 0 radical (unpaired) electrons. The van der Waals surface area contributed by atoms with Crippen LogP contribution < -0.4 is 19.1 Å². The van der Waals surface area contributed by atoms with E-state index in [4.69, 9.17) is 14.2 Å². The Labute approximate surface area is 238 Å². The van der Waals surface area contributed by atoms with Crippen LogP contribution in [-0.2, 0) is 16.2 Å². The van der Waals surface area contributed by atoms with Crippen molar-refractivity contribution in [1.82, 2.24) is 4.98 Å². The van der Waals surface area contributed by atoms with Crippen LogP contribution in [0.1, 0.15) is 36.6 Å². The number of amides is 1. The summed E-state index contributed by atoms with van der Waals surface area (Å²) in [6.07, 6.45) is 3.18. The minimum Gasteiger partial charge on any atom is -0.507 e. The summed E-state index contributed by atoms with van der Waals surface area (Å²) in [5, 5.41) is 11.6. The van der Waals surface area contributed by atoms with Crippen LogP contribution in [-0.4, -0.2) is 35.0 Å². The van der Waals surface area contributed by atoms with Crippen LogP contribution in [0.15, 0.2) is 103 Å². The number of carbonyl (C=O) groups excluding carboxylic acids is 2. The first kappa shape index (κ1) is 27.5. The SMILES string of the molecule is CCOc1ccc(/C(O)=C2/C(=O)C(=O)N(c3ccc(OCc4ccccc4)cc3)C2c2cccnc2)c(OCC)c1. The Morgan fingerprint density at radius 1 is 0.854 bits per heavy atom. The summed E-state index contributed by atoms with van der Waals surface area (Å²) >= 11 is 0. The molecule has 0 saturated carbocycles. The number of aliphatic hydroxyl groups excluding tert-OH is 1. The van der Waals surface area contributed by atoms with Gasteiger partial charge in [0.15, 0.2) is 0 Å². The molecule has 4 aromatic rings. The van der Waals surface area contributed by atoms with E-state index in [1.165, 1.54) is 4.90 Å². The third kappa shape index (κ3) is 5.77. The lowest BCUT2D eigenvalue weighted by Crippen LogP contribution is -2.29. The average molecular weight is 551 g/mol. The van der Waals surface area contributed by atoms with Gasteiger partial charge in [0.1, 0.15) is 29.6 Å². The molecular formula is C33H30N2O6. The Balaban J connectivity index is 1.54. The van der Waals surface area contributed by atoms with Gasteiger partial charge in [-0.2, -0.15) is 0 Å². The van der Waals surface area contributed by atoms with Crippen LogP contribution >= 0.6 is 0 Å². The van der Waals surface area contributed by atoms with E-state index in [1.54, 1.807) is 67.0 Å². The van der Waals surface area contributed by atoms with E-state index in [0.29, 0.717) is 48.3 Å². The number of hydrogen-bond donors (Lipinski definition) is 1. The van der Waals surface area contributed by atoms with Gasteiger partial charge < -0.3 is 19.3 Å². The molecule has 1 N–H and O–H groups in total. The van der Waals surface area contributed by atoms with Crippen LogP contribution in [0.5, 0.6) is 17.2 Å². The molecule has 1 aliphatic rings. The van der Waals surface area contributed by atoms with Crippen molar-refractivity contribution >= 4 is 23.1 Å². The smallest absolute Gasteiger partial charge is 0.300 e. The fourth-order valence-corrected chi connectivity index (χ4v) is 4.77. The van der Waals surface area contributed by atoms with Gasteiger partial charge in [-0.05, 0) is 67.4 Å². The molecule has 3 aromatic carbocycles. The Bertz CT molecular complexity index is 1550. The topological polar surface area (TPSA) is 98.2 Å². The maximum Gasteiger partial charge on any atom is 0.300 e. The van der Waals surface area contributed by atoms with Crippen LogP contribution in [0.3, 0.4) is 0 Å². The van der Waals surface area contributed by atoms with Crippen molar-refractivity contribution in [3.05, 3.63) is 120 Å². The molecule has 1 aliphatic heterocycles. The predicted molar refractivity (Wildman–Crippen MR) is 155 cm³/mol.